The second-order valence-electron chi connectivity index (χ2n) is 4.28. The van der Waals surface area contributed by atoms with Crippen molar-refractivity contribution in [1.82, 2.24) is 0 Å². The minimum absolute atomic E-state index is 0.0915. The summed E-state index contributed by atoms with van der Waals surface area (Å²) in [6.45, 7) is 0.882. The summed E-state index contributed by atoms with van der Waals surface area (Å²) in [5.41, 5.74) is 6.50. The van der Waals surface area contributed by atoms with E-state index < -0.39 is 0 Å². The fourth-order valence-corrected chi connectivity index (χ4v) is 2.45. The van der Waals surface area contributed by atoms with E-state index in [-0.39, 0.29) is 18.1 Å². The van der Waals surface area contributed by atoms with Crippen LogP contribution in [0.1, 0.15) is 5.56 Å². The molecule has 0 radical (unpaired) electrons. The Morgan fingerprint density at radius 3 is 2.71 bits per heavy atom. The van der Waals surface area contributed by atoms with Gasteiger partial charge in [-0.25, -0.2) is 0 Å². The molecule has 2 rings (SSSR count). The lowest BCUT2D eigenvalue weighted by molar-refractivity contribution is -0.0797. The minimum Gasteiger partial charge on any atom is -0.497 e. The zero-order chi connectivity index (χ0) is 12.5. The van der Waals surface area contributed by atoms with E-state index >= 15 is 0 Å². The van der Waals surface area contributed by atoms with Crippen molar-refractivity contribution in [2.45, 2.75) is 11.5 Å². The SMILES string of the molecule is COc1ccc(C2(C(N)CO)COC2)c(Cl)c1. The van der Waals surface area contributed by atoms with Crippen molar-refractivity contribution >= 4 is 11.6 Å². The number of benzene rings is 1. The number of aliphatic hydroxyl groups is 1. The van der Waals surface area contributed by atoms with Crippen LogP contribution in [0.5, 0.6) is 5.75 Å². The van der Waals surface area contributed by atoms with Gasteiger partial charge in [0, 0.05) is 11.1 Å². The number of ether oxygens (including phenoxy) is 2. The lowest BCUT2D eigenvalue weighted by atomic mass is 9.73. The number of hydrogen-bond acceptors (Lipinski definition) is 4. The van der Waals surface area contributed by atoms with Gasteiger partial charge in [-0.05, 0) is 17.7 Å². The highest BCUT2D eigenvalue weighted by Crippen LogP contribution is 2.40. The van der Waals surface area contributed by atoms with Crippen molar-refractivity contribution in [3.63, 3.8) is 0 Å². The average molecular weight is 258 g/mol. The Morgan fingerprint density at radius 2 is 2.29 bits per heavy atom. The van der Waals surface area contributed by atoms with Crippen LogP contribution in [0.3, 0.4) is 0 Å². The van der Waals surface area contributed by atoms with Crippen molar-refractivity contribution < 1.29 is 14.6 Å². The first kappa shape index (κ1) is 12.6. The number of rotatable bonds is 4. The van der Waals surface area contributed by atoms with Crippen LogP contribution in [0.25, 0.3) is 0 Å². The first-order valence-corrected chi connectivity index (χ1v) is 5.80. The van der Waals surface area contributed by atoms with Crippen molar-refractivity contribution in [3.8, 4) is 5.75 Å². The average Bonchev–Trinajstić information content (AvgIpc) is 2.29. The van der Waals surface area contributed by atoms with Crippen LogP contribution >= 0.6 is 11.6 Å². The molecule has 0 aromatic heterocycles. The molecule has 1 saturated heterocycles. The van der Waals surface area contributed by atoms with E-state index in [9.17, 15) is 5.11 Å². The molecule has 0 spiro atoms. The second-order valence-corrected chi connectivity index (χ2v) is 4.69. The van der Waals surface area contributed by atoms with Gasteiger partial charge in [-0.3, -0.25) is 0 Å². The topological polar surface area (TPSA) is 64.7 Å². The molecule has 1 aromatic rings. The van der Waals surface area contributed by atoms with Gasteiger partial charge in [0.25, 0.3) is 0 Å². The minimum atomic E-state index is -0.377. The third kappa shape index (κ3) is 2.02. The standard InChI is InChI=1S/C12H16ClNO3/c1-16-8-2-3-9(10(13)4-8)12(6-17-7-12)11(14)5-15/h2-4,11,15H,5-7,14H2,1H3. The van der Waals surface area contributed by atoms with E-state index in [1.165, 1.54) is 0 Å². The van der Waals surface area contributed by atoms with Crippen LogP contribution in [0.2, 0.25) is 5.02 Å². The Kier molecular flexibility index (Phi) is 3.58. The molecule has 94 valence electrons. The molecule has 1 aliphatic heterocycles. The predicted octanol–water partition coefficient (Wildman–Crippen LogP) is 0.936. The van der Waals surface area contributed by atoms with E-state index in [2.05, 4.69) is 0 Å². The van der Waals surface area contributed by atoms with Crippen molar-refractivity contribution in [3.05, 3.63) is 28.8 Å². The van der Waals surface area contributed by atoms with Crippen LogP contribution in [0.4, 0.5) is 0 Å². The molecule has 1 aliphatic rings. The summed E-state index contributed by atoms with van der Waals surface area (Å²) in [4.78, 5) is 0. The van der Waals surface area contributed by atoms with Crippen LogP contribution < -0.4 is 10.5 Å². The lowest BCUT2D eigenvalue weighted by Crippen LogP contribution is -2.60. The van der Waals surface area contributed by atoms with Crippen molar-refractivity contribution in [2.75, 3.05) is 26.9 Å². The molecule has 1 aromatic carbocycles. The summed E-state index contributed by atoms with van der Waals surface area (Å²) >= 11 is 6.23. The predicted molar refractivity (Wildman–Crippen MR) is 65.6 cm³/mol. The molecule has 1 unspecified atom stereocenters. The van der Waals surface area contributed by atoms with E-state index in [1.54, 1.807) is 13.2 Å². The van der Waals surface area contributed by atoms with Gasteiger partial charge in [0.15, 0.2) is 0 Å². The smallest absolute Gasteiger partial charge is 0.120 e. The maximum Gasteiger partial charge on any atom is 0.120 e. The van der Waals surface area contributed by atoms with Crippen LogP contribution in [-0.2, 0) is 10.2 Å². The molecule has 0 aliphatic carbocycles. The van der Waals surface area contributed by atoms with Crippen molar-refractivity contribution in [2.24, 2.45) is 5.73 Å². The molecule has 5 heteroatoms. The van der Waals surface area contributed by atoms with E-state index in [0.717, 1.165) is 5.56 Å². The highest BCUT2D eigenvalue weighted by Gasteiger charge is 2.46. The Morgan fingerprint density at radius 1 is 1.59 bits per heavy atom. The first-order chi connectivity index (χ1) is 8.14. The maximum absolute atomic E-state index is 9.24. The number of aliphatic hydroxyl groups excluding tert-OH is 1. The second kappa shape index (κ2) is 4.82. The normalized spacial score (nSPS) is 19.5. The molecule has 3 N–H and O–H groups in total. The number of hydrogen-bond donors (Lipinski definition) is 2. The third-order valence-corrected chi connectivity index (χ3v) is 3.65. The summed E-state index contributed by atoms with van der Waals surface area (Å²) in [7, 11) is 1.59. The van der Waals surface area contributed by atoms with Crippen LogP contribution in [0.15, 0.2) is 18.2 Å². The molecular formula is C12H16ClNO3. The van der Waals surface area contributed by atoms with Crippen molar-refractivity contribution in [1.29, 1.82) is 0 Å². The molecule has 0 bridgehead atoms. The van der Waals surface area contributed by atoms with Gasteiger partial charge in [0.05, 0.1) is 32.3 Å². The number of methoxy groups -OCH3 is 1. The van der Waals surface area contributed by atoms with Gasteiger partial charge in [-0.2, -0.15) is 0 Å². The molecular weight excluding hydrogens is 242 g/mol. The van der Waals surface area contributed by atoms with E-state index in [0.29, 0.717) is 24.0 Å². The fourth-order valence-electron chi connectivity index (χ4n) is 2.09. The highest BCUT2D eigenvalue weighted by atomic mass is 35.5. The zero-order valence-corrected chi connectivity index (χ0v) is 10.4. The molecule has 1 fully saturated rings. The Bertz CT molecular complexity index is 407. The summed E-state index contributed by atoms with van der Waals surface area (Å²) in [6.07, 6.45) is 0. The van der Waals surface area contributed by atoms with Crippen LogP contribution in [-0.4, -0.2) is 38.1 Å². The van der Waals surface area contributed by atoms with Crippen LogP contribution in [0, 0.1) is 0 Å². The quantitative estimate of drug-likeness (QED) is 0.843. The Hall–Kier alpha value is -0.810. The Labute approximate surface area is 105 Å². The fraction of sp³-hybridized carbons (Fsp3) is 0.500. The molecule has 0 amide bonds. The monoisotopic (exact) mass is 257 g/mol. The van der Waals surface area contributed by atoms with Gasteiger partial charge < -0.3 is 20.3 Å². The lowest BCUT2D eigenvalue weighted by Gasteiger charge is -2.46. The van der Waals surface area contributed by atoms with Gasteiger partial charge in [-0.1, -0.05) is 17.7 Å². The number of halogens is 1. The van der Waals surface area contributed by atoms with Gasteiger partial charge in [-0.15, -0.1) is 0 Å². The summed E-state index contributed by atoms with van der Waals surface area (Å²) in [5.74, 6) is 0.701. The van der Waals surface area contributed by atoms with E-state index in [1.807, 2.05) is 12.1 Å². The number of nitrogens with two attached hydrogens (primary N) is 1. The largest absolute Gasteiger partial charge is 0.497 e. The van der Waals surface area contributed by atoms with E-state index in [4.69, 9.17) is 26.8 Å². The van der Waals surface area contributed by atoms with Gasteiger partial charge in [0.1, 0.15) is 5.75 Å². The summed E-state index contributed by atoms with van der Waals surface area (Å²) in [6, 6.07) is 5.10. The first-order valence-electron chi connectivity index (χ1n) is 5.42. The third-order valence-electron chi connectivity index (χ3n) is 3.34. The highest BCUT2D eigenvalue weighted by molar-refractivity contribution is 6.31. The zero-order valence-electron chi connectivity index (χ0n) is 9.65. The molecule has 4 nitrogen and oxygen atoms in total. The van der Waals surface area contributed by atoms with Gasteiger partial charge in [0.2, 0.25) is 0 Å². The van der Waals surface area contributed by atoms with Gasteiger partial charge >= 0.3 is 0 Å². The molecule has 0 saturated carbocycles. The maximum atomic E-state index is 9.24. The Balaban J connectivity index is 2.38. The summed E-state index contributed by atoms with van der Waals surface area (Å²) < 4.78 is 10.4. The molecule has 17 heavy (non-hydrogen) atoms. The molecule has 1 atom stereocenters. The molecule has 1 heterocycles. The summed E-state index contributed by atoms with van der Waals surface area (Å²) in [5, 5.41) is 9.83.